The Morgan fingerprint density at radius 2 is 1.64 bits per heavy atom. The van der Waals surface area contributed by atoms with Gasteiger partial charge in [-0.2, -0.15) is 10.1 Å². The summed E-state index contributed by atoms with van der Waals surface area (Å²) in [5.74, 6) is 1.89. The van der Waals surface area contributed by atoms with Crippen molar-refractivity contribution in [2.45, 2.75) is 0 Å². The van der Waals surface area contributed by atoms with Crippen molar-refractivity contribution in [1.29, 1.82) is 0 Å². The standard InChI is InChI=1S/C17H14FN5O2/c18-11-1-3-12(4-2-11)20-16-10-19-23-17(22-16)21-13-5-6-14-15(9-13)25-8-7-24-14/h1-6,9-10H,7-8H2,(H2,20,21,22,23). The summed E-state index contributed by atoms with van der Waals surface area (Å²) < 4.78 is 24.0. The maximum Gasteiger partial charge on any atom is 0.249 e. The second-order valence-electron chi connectivity index (χ2n) is 5.28. The molecule has 3 aromatic rings. The lowest BCUT2D eigenvalue weighted by Gasteiger charge is -2.18. The molecule has 0 fully saturated rings. The van der Waals surface area contributed by atoms with E-state index in [2.05, 4.69) is 25.8 Å². The van der Waals surface area contributed by atoms with Crippen LogP contribution in [0.25, 0.3) is 0 Å². The predicted octanol–water partition coefficient (Wildman–Crippen LogP) is 3.27. The van der Waals surface area contributed by atoms with Crippen molar-refractivity contribution in [3.8, 4) is 11.5 Å². The van der Waals surface area contributed by atoms with Gasteiger partial charge in [0.05, 0.1) is 6.20 Å². The zero-order chi connectivity index (χ0) is 17.1. The number of ether oxygens (including phenoxy) is 2. The number of benzene rings is 2. The Balaban J connectivity index is 1.50. The zero-order valence-corrected chi connectivity index (χ0v) is 13.1. The van der Waals surface area contributed by atoms with Crippen molar-refractivity contribution < 1.29 is 13.9 Å². The van der Waals surface area contributed by atoms with Gasteiger partial charge in [0.15, 0.2) is 17.3 Å². The molecule has 0 spiro atoms. The number of nitrogens with one attached hydrogen (secondary N) is 2. The van der Waals surface area contributed by atoms with Crippen LogP contribution in [0.15, 0.2) is 48.7 Å². The first-order valence-electron chi connectivity index (χ1n) is 7.65. The molecule has 0 aliphatic carbocycles. The molecular weight excluding hydrogens is 325 g/mol. The molecule has 0 atom stereocenters. The van der Waals surface area contributed by atoms with Gasteiger partial charge < -0.3 is 20.1 Å². The summed E-state index contributed by atoms with van der Waals surface area (Å²) in [5, 5.41) is 14.0. The molecule has 0 amide bonds. The number of rotatable bonds is 4. The highest BCUT2D eigenvalue weighted by Crippen LogP contribution is 2.33. The highest BCUT2D eigenvalue weighted by atomic mass is 19.1. The van der Waals surface area contributed by atoms with E-state index in [4.69, 9.17) is 9.47 Å². The molecule has 0 unspecified atom stereocenters. The third-order valence-corrected chi connectivity index (χ3v) is 3.47. The van der Waals surface area contributed by atoms with Crippen LogP contribution >= 0.6 is 0 Å². The van der Waals surface area contributed by atoms with Gasteiger partial charge in [-0.05, 0) is 36.4 Å². The first-order valence-corrected chi connectivity index (χ1v) is 7.65. The van der Waals surface area contributed by atoms with Crippen LogP contribution in [0.1, 0.15) is 0 Å². The van der Waals surface area contributed by atoms with Gasteiger partial charge in [-0.15, -0.1) is 5.10 Å². The molecule has 2 aromatic carbocycles. The summed E-state index contributed by atoms with van der Waals surface area (Å²) in [5.41, 5.74) is 1.46. The predicted molar refractivity (Wildman–Crippen MR) is 90.2 cm³/mol. The molecule has 0 radical (unpaired) electrons. The number of fused-ring (bicyclic) bond motifs is 1. The molecule has 4 rings (SSSR count). The highest BCUT2D eigenvalue weighted by molar-refractivity contribution is 5.61. The number of anilines is 4. The van der Waals surface area contributed by atoms with Gasteiger partial charge in [0, 0.05) is 17.4 Å². The smallest absolute Gasteiger partial charge is 0.249 e. The van der Waals surface area contributed by atoms with E-state index >= 15 is 0 Å². The number of hydrogen-bond acceptors (Lipinski definition) is 7. The Kier molecular flexibility index (Phi) is 3.99. The van der Waals surface area contributed by atoms with E-state index in [0.717, 1.165) is 5.69 Å². The second kappa shape index (κ2) is 6.60. The fraction of sp³-hybridized carbons (Fsp3) is 0.118. The van der Waals surface area contributed by atoms with E-state index in [-0.39, 0.29) is 5.82 Å². The number of nitrogens with zero attached hydrogens (tertiary/aromatic N) is 3. The van der Waals surface area contributed by atoms with Crippen molar-refractivity contribution in [1.82, 2.24) is 15.2 Å². The van der Waals surface area contributed by atoms with Crippen molar-refractivity contribution in [3.63, 3.8) is 0 Å². The van der Waals surface area contributed by atoms with Crippen molar-refractivity contribution in [3.05, 3.63) is 54.5 Å². The fourth-order valence-electron chi connectivity index (χ4n) is 2.35. The number of hydrogen-bond donors (Lipinski definition) is 2. The molecule has 1 aliphatic heterocycles. The Morgan fingerprint density at radius 3 is 2.48 bits per heavy atom. The normalized spacial score (nSPS) is 12.5. The van der Waals surface area contributed by atoms with Crippen LogP contribution in [0, 0.1) is 5.82 Å². The third kappa shape index (κ3) is 3.57. The first kappa shape index (κ1) is 15.1. The van der Waals surface area contributed by atoms with Gasteiger partial charge in [-0.3, -0.25) is 0 Å². The Hall–Kier alpha value is -3.42. The minimum Gasteiger partial charge on any atom is -0.486 e. The molecule has 126 valence electrons. The van der Waals surface area contributed by atoms with Crippen LogP contribution in [0.3, 0.4) is 0 Å². The lowest BCUT2D eigenvalue weighted by atomic mass is 10.2. The average molecular weight is 339 g/mol. The van der Waals surface area contributed by atoms with Gasteiger partial charge in [0.1, 0.15) is 19.0 Å². The maximum atomic E-state index is 13.0. The second-order valence-corrected chi connectivity index (χ2v) is 5.28. The highest BCUT2D eigenvalue weighted by Gasteiger charge is 2.12. The zero-order valence-electron chi connectivity index (χ0n) is 13.1. The SMILES string of the molecule is Fc1ccc(Nc2cnnc(Nc3ccc4c(c3)OCCO4)n2)cc1. The molecule has 1 aliphatic rings. The van der Waals surface area contributed by atoms with Gasteiger partial charge in [0.25, 0.3) is 0 Å². The summed E-state index contributed by atoms with van der Waals surface area (Å²) in [7, 11) is 0. The summed E-state index contributed by atoms with van der Waals surface area (Å²) in [4.78, 5) is 4.34. The van der Waals surface area contributed by atoms with E-state index in [1.54, 1.807) is 12.1 Å². The van der Waals surface area contributed by atoms with Gasteiger partial charge in [-0.1, -0.05) is 0 Å². The fourth-order valence-corrected chi connectivity index (χ4v) is 2.35. The van der Waals surface area contributed by atoms with Crippen LogP contribution in [-0.4, -0.2) is 28.4 Å². The Labute approximate surface area is 142 Å². The monoisotopic (exact) mass is 339 g/mol. The minimum absolute atomic E-state index is 0.299. The van der Waals surface area contributed by atoms with Crippen LogP contribution in [0.2, 0.25) is 0 Å². The maximum absolute atomic E-state index is 13.0. The number of aromatic nitrogens is 3. The molecule has 25 heavy (non-hydrogen) atoms. The van der Waals surface area contributed by atoms with E-state index in [1.165, 1.54) is 18.3 Å². The van der Waals surface area contributed by atoms with Gasteiger partial charge in [0.2, 0.25) is 5.95 Å². The van der Waals surface area contributed by atoms with Crippen molar-refractivity contribution >= 4 is 23.1 Å². The molecule has 0 saturated heterocycles. The average Bonchev–Trinajstić information content (AvgIpc) is 2.64. The van der Waals surface area contributed by atoms with Crippen LogP contribution in [0.5, 0.6) is 11.5 Å². The molecule has 2 N–H and O–H groups in total. The quantitative estimate of drug-likeness (QED) is 0.755. The summed E-state index contributed by atoms with van der Waals surface area (Å²) in [6.45, 7) is 1.06. The van der Waals surface area contributed by atoms with Crippen LogP contribution in [-0.2, 0) is 0 Å². The largest absolute Gasteiger partial charge is 0.486 e. The topological polar surface area (TPSA) is 81.2 Å². The Morgan fingerprint density at radius 1 is 0.880 bits per heavy atom. The number of halogens is 1. The Bertz CT molecular complexity index is 888. The van der Waals surface area contributed by atoms with Crippen molar-refractivity contribution in [2.75, 3.05) is 23.8 Å². The van der Waals surface area contributed by atoms with Crippen LogP contribution < -0.4 is 20.1 Å². The molecule has 2 heterocycles. The summed E-state index contributed by atoms with van der Waals surface area (Å²) in [6.07, 6.45) is 1.48. The molecule has 8 heteroatoms. The summed E-state index contributed by atoms with van der Waals surface area (Å²) in [6, 6.07) is 11.5. The van der Waals surface area contributed by atoms with Gasteiger partial charge >= 0.3 is 0 Å². The third-order valence-electron chi connectivity index (χ3n) is 3.47. The van der Waals surface area contributed by atoms with E-state index in [1.807, 2.05) is 18.2 Å². The molecular formula is C17H14FN5O2. The van der Waals surface area contributed by atoms with Crippen LogP contribution in [0.4, 0.5) is 27.5 Å². The summed E-state index contributed by atoms with van der Waals surface area (Å²) >= 11 is 0. The molecule has 7 nitrogen and oxygen atoms in total. The van der Waals surface area contributed by atoms with Gasteiger partial charge in [-0.25, -0.2) is 4.39 Å². The minimum atomic E-state index is -0.299. The lowest BCUT2D eigenvalue weighted by Crippen LogP contribution is -2.15. The van der Waals surface area contributed by atoms with E-state index in [0.29, 0.717) is 42.2 Å². The van der Waals surface area contributed by atoms with E-state index in [9.17, 15) is 4.39 Å². The molecule has 0 bridgehead atoms. The first-order chi connectivity index (χ1) is 12.3. The lowest BCUT2D eigenvalue weighted by molar-refractivity contribution is 0.171. The molecule has 1 aromatic heterocycles. The van der Waals surface area contributed by atoms with E-state index < -0.39 is 0 Å². The molecule has 0 saturated carbocycles. The van der Waals surface area contributed by atoms with Crippen molar-refractivity contribution in [2.24, 2.45) is 0 Å².